The first-order valence-electron chi connectivity index (χ1n) is 7.87. The number of piperazine rings is 1. The first-order valence-corrected chi connectivity index (χ1v) is 7.87. The molecule has 1 saturated heterocycles. The first kappa shape index (κ1) is 15.9. The molecule has 0 spiro atoms. The second kappa shape index (κ2) is 8.89. The van der Waals surface area contributed by atoms with Crippen LogP contribution in [0, 0.1) is 0 Å². The maximum atomic E-state index is 3.62. The summed E-state index contributed by atoms with van der Waals surface area (Å²) in [7, 11) is 0. The Morgan fingerprint density at radius 3 is 2.28 bits per heavy atom. The van der Waals surface area contributed by atoms with Gasteiger partial charge >= 0.3 is 0 Å². The third-order valence-electron chi connectivity index (χ3n) is 4.26. The highest BCUT2D eigenvalue weighted by Gasteiger charge is 2.19. The fourth-order valence-electron chi connectivity index (χ4n) is 2.69. The van der Waals surface area contributed by atoms with Crippen LogP contribution in [0.2, 0.25) is 0 Å². The fraction of sp³-hybridized carbons (Fsp3) is 1.00. The van der Waals surface area contributed by atoms with E-state index in [1.54, 1.807) is 0 Å². The number of nitrogens with one attached hydrogen (secondary N) is 1. The van der Waals surface area contributed by atoms with Crippen molar-refractivity contribution in [2.45, 2.75) is 59.0 Å². The van der Waals surface area contributed by atoms with Gasteiger partial charge in [0.15, 0.2) is 0 Å². The summed E-state index contributed by atoms with van der Waals surface area (Å²) >= 11 is 0. The SMILES string of the molecule is CCCC(C)NCCN1CCN(C(C)CC)CC1. The van der Waals surface area contributed by atoms with Crippen LogP contribution < -0.4 is 5.32 Å². The highest BCUT2D eigenvalue weighted by atomic mass is 15.3. The molecule has 1 heterocycles. The van der Waals surface area contributed by atoms with Crippen LogP contribution in [0.1, 0.15) is 47.0 Å². The molecule has 0 amide bonds. The Kier molecular flexibility index (Phi) is 7.87. The molecule has 0 radical (unpaired) electrons. The van der Waals surface area contributed by atoms with E-state index in [1.807, 2.05) is 0 Å². The zero-order chi connectivity index (χ0) is 13.4. The molecule has 3 nitrogen and oxygen atoms in total. The van der Waals surface area contributed by atoms with Crippen LogP contribution in [-0.4, -0.2) is 61.2 Å². The van der Waals surface area contributed by atoms with Gasteiger partial charge in [-0.25, -0.2) is 0 Å². The average molecular weight is 255 g/mol. The third kappa shape index (κ3) is 5.68. The summed E-state index contributed by atoms with van der Waals surface area (Å²) in [6.45, 7) is 16.5. The summed E-state index contributed by atoms with van der Waals surface area (Å²) in [4.78, 5) is 5.23. The Labute approximate surface area is 114 Å². The summed E-state index contributed by atoms with van der Waals surface area (Å²) in [5.41, 5.74) is 0. The number of rotatable bonds is 8. The molecule has 2 unspecified atom stereocenters. The molecule has 108 valence electrons. The van der Waals surface area contributed by atoms with Crippen molar-refractivity contribution in [2.75, 3.05) is 39.3 Å². The Balaban J connectivity index is 2.08. The molecular formula is C15H33N3. The Morgan fingerprint density at radius 2 is 1.72 bits per heavy atom. The van der Waals surface area contributed by atoms with Gasteiger partial charge in [0.2, 0.25) is 0 Å². The van der Waals surface area contributed by atoms with Crippen LogP contribution in [0.15, 0.2) is 0 Å². The fourth-order valence-corrected chi connectivity index (χ4v) is 2.69. The normalized spacial score (nSPS) is 22.0. The van der Waals surface area contributed by atoms with Crippen molar-refractivity contribution in [3.05, 3.63) is 0 Å². The summed E-state index contributed by atoms with van der Waals surface area (Å²) in [5.74, 6) is 0. The zero-order valence-corrected chi connectivity index (χ0v) is 12.9. The van der Waals surface area contributed by atoms with Crippen LogP contribution in [0.3, 0.4) is 0 Å². The smallest absolute Gasteiger partial charge is 0.0113 e. The molecule has 0 aliphatic carbocycles. The quantitative estimate of drug-likeness (QED) is 0.717. The van der Waals surface area contributed by atoms with Crippen molar-refractivity contribution in [1.82, 2.24) is 15.1 Å². The van der Waals surface area contributed by atoms with E-state index < -0.39 is 0 Å². The van der Waals surface area contributed by atoms with Crippen molar-refractivity contribution in [2.24, 2.45) is 0 Å². The Morgan fingerprint density at radius 1 is 1.06 bits per heavy atom. The lowest BCUT2D eigenvalue weighted by Gasteiger charge is -2.38. The maximum Gasteiger partial charge on any atom is 0.0113 e. The highest BCUT2D eigenvalue weighted by Crippen LogP contribution is 2.08. The summed E-state index contributed by atoms with van der Waals surface area (Å²) in [6.07, 6.45) is 3.85. The summed E-state index contributed by atoms with van der Waals surface area (Å²) < 4.78 is 0. The second-order valence-corrected chi connectivity index (χ2v) is 5.78. The van der Waals surface area contributed by atoms with Crippen LogP contribution in [0.4, 0.5) is 0 Å². The standard InChI is InChI=1S/C15H33N3/c1-5-7-14(3)16-8-9-17-10-12-18(13-11-17)15(4)6-2/h14-16H,5-13H2,1-4H3. The molecule has 3 heteroatoms. The molecule has 18 heavy (non-hydrogen) atoms. The second-order valence-electron chi connectivity index (χ2n) is 5.78. The Hall–Kier alpha value is -0.120. The lowest BCUT2D eigenvalue weighted by molar-refractivity contribution is 0.101. The molecule has 1 aliphatic rings. The predicted molar refractivity (Wildman–Crippen MR) is 80.1 cm³/mol. The molecular weight excluding hydrogens is 222 g/mol. The van der Waals surface area contributed by atoms with Gasteiger partial charge in [-0.05, 0) is 26.7 Å². The van der Waals surface area contributed by atoms with Crippen LogP contribution in [-0.2, 0) is 0 Å². The largest absolute Gasteiger partial charge is 0.313 e. The average Bonchev–Trinajstić information content (AvgIpc) is 2.39. The van der Waals surface area contributed by atoms with Gasteiger partial charge < -0.3 is 5.32 Å². The van der Waals surface area contributed by atoms with E-state index in [2.05, 4.69) is 42.8 Å². The van der Waals surface area contributed by atoms with E-state index in [9.17, 15) is 0 Å². The van der Waals surface area contributed by atoms with Gasteiger partial charge in [0.05, 0.1) is 0 Å². The van der Waals surface area contributed by atoms with Gasteiger partial charge in [-0.3, -0.25) is 9.80 Å². The number of nitrogens with zero attached hydrogens (tertiary/aromatic N) is 2. The van der Waals surface area contributed by atoms with Crippen molar-refractivity contribution in [3.63, 3.8) is 0 Å². The van der Waals surface area contributed by atoms with Crippen LogP contribution in [0.25, 0.3) is 0 Å². The van der Waals surface area contributed by atoms with Gasteiger partial charge in [0.25, 0.3) is 0 Å². The lowest BCUT2D eigenvalue weighted by Crippen LogP contribution is -2.50. The Bertz CT molecular complexity index is 200. The van der Waals surface area contributed by atoms with Crippen molar-refractivity contribution >= 4 is 0 Å². The molecule has 0 aromatic heterocycles. The van der Waals surface area contributed by atoms with E-state index in [0.29, 0.717) is 6.04 Å². The minimum atomic E-state index is 0.677. The van der Waals surface area contributed by atoms with Crippen LogP contribution in [0.5, 0.6) is 0 Å². The highest BCUT2D eigenvalue weighted by molar-refractivity contribution is 4.76. The topological polar surface area (TPSA) is 18.5 Å². The third-order valence-corrected chi connectivity index (χ3v) is 4.26. The van der Waals surface area contributed by atoms with E-state index in [0.717, 1.165) is 12.6 Å². The minimum Gasteiger partial charge on any atom is -0.313 e. The van der Waals surface area contributed by atoms with E-state index in [4.69, 9.17) is 0 Å². The summed E-state index contributed by atoms with van der Waals surface area (Å²) in [5, 5.41) is 3.62. The lowest BCUT2D eigenvalue weighted by atomic mass is 10.2. The van der Waals surface area contributed by atoms with Gasteiger partial charge in [-0.1, -0.05) is 20.3 Å². The molecule has 0 saturated carbocycles. The first-order chi connectivity index (χ1) is 8.67. The van der Waals surface area contributed by atoms with Crippen molar-refractivity contribution in [1.29, 1.82) is 0 Å². The molecule has 1 fully saturated rings. The maximum absolute atomic E-state index is 3.62. The van der Waals surface area contributed by atoms with Gasteiger partial charge in [0, 0.05) is 51.4 Å². The zero-order valence-electron chi connectivity index (χ0n) is 12.9. The van der Waals surface area contributed by atoms with Crippen molar-refractivity contribution in [3.8, 4) is 0 Å². The molecule has 2 atom stereocenters. The van der Waals surface area contributed by atoms with Crippen molar-refractivity contribution < 1.29 is 0 Å². The van der Waals surface area contributed by atoms with E-state index >= 15 is 0 Å². The van der Waals surface area contributed by atoms with Crippen LogP contribution >= 0.6 is 0 Å². The summed E-state index contributed by atoms with van der Waals surface area (Å²) in [6, 6.07) is 1.44. The molecule has 0 bridgehead atoms. The number of hydrogen-bond acceptors (Lipinski definition) is 3. The molecule has 0 aromatic rings. The predicted octanol–water partition coefficient (Wildman–Crippen LogP) is 2.18. The molecule has 0 aromatic carbocycles. The monoisotopic (exact) mass is 255 g/mol. The minimum absolute atomic E-state index is 0.677. The number of hydrogen-bond donors (Lipinski definition) is 1. The molecule has 1 rings (SSSR count). The molecule has 1 aliphatic heterocycles. The van der Waals surface area contributed by atoms with Gasteiger partial charge in [-0.15, -0.1) is 0 Å². The van der Waals surface area contributed by atoms with Gasteiger partial charge in [-0.2, -0.15) is 0 Å². The van der Waals surface area contributed by atoms with E-state index in [-0.39, 0.29) is 0 Å². The van der Waals surface area contributed by atoms with E-state index in [1.165, 1.54) is 52.0 Å². The molecule has 1 N–H and O–H groups in total. The van der Waals surface area contributed by atoms with Gasteiger partial charge in [0.1, 0.15) is 0 Å².